The molecule has 31 heavy (non-hydrogen) atoms. The van der Waals surface area contributed by atoms with Crippen LogP contribution in [0.1, 0.15) is 26.3 Å². The molecule has 1 N–H and O–H groups in total. The van der Waals surface area contributed by atoms with E-state index in [9.17, 15) is 14.4 Å². The lowest BCUT2D eigenvalue weighted by molar-refractivity contribution is -0.111. The third-order valence-electron chi connectivity index (χ3n) is 4.19. The number of esters is 2. The molecule has 0 aliphatic carbocycles. The molecule has 164 valence electrons. The molecule has 0 aliphatic heterocycles. The van der Waals surface area contributed by atoms with Gasteiger partial charge in [0.2, 0.25) is 11.7 Å². The Bertz CT molecular complexity index is 979. The number of carbonyl (C=O) groups excluding carboxylic acids is 3. The van der Waals surface area contributed by atoms with Gasteiger partial charge in [0.1, 0.15) is 0 Å². The van der Waals surface area contributed by atoms with Gasteiger partial charge in [-0.2, -0.15) is 0 Å². The van der Waals surface area contributed by atoms with Gasteiger partial charge in [-0.1, -0.05) is 0 Å². The zero-order valence-corrected chi connectivity index (χ0v) is 17.8. The Morgan fingerprint density at radius 3 is 1.84 bits per heavy atom. The average Bonchev–Trinajstić information content (AvgIpc) is 2.80. The molecule has 1 amide bonds. The normalized spacial score (nSPS) is 10.4. The second-order valence-electron chi connectivity index (χ2n) is 6.03. The maximum atomic E-state index is 12.4. The van der Waals surface area contributed by atoms with Crippen molar-refractivity contribution in [2.24, 2.45) is 0 Å². The van der Waals surface area contributed by atoms with Crippen LogP contribution in [0.5, 0.6) is 17.2 Å². The summed E-state index contributed by atoms with van der Waals surface area (Å²) in [7, 11) is 6.88. The number of hydrogen-bond acceptors (Lipinski definition) is 8. The predicted molar refractivity (Wildman–Crippen MR) is 113 cm³/mol. The highest BCUT2D eigenvalue weighted by atomic mass is 16.5. The van der Waals surface area contributed by atoms with E-state index in [0.29, 0.717) is 22.8 Å². The summed E-state index contributed by atoms with van der Waals surface area (Å²) < 4.78 is 25.3. The summed E-state index contributed by atoms with van der Waals surface area (Å²) >= 11 is 0. The van der Waals surface area contributed by atoms with Gasteiger partial charge in [0, 0.05) is 17.3 Å². The summed E-state index contributed by atoms with van der Waals surface area (Å²) in [5.41, 5.74) is 0.976. The minimum atomic E-state index is -0.660. The summed E-state index contributed by atoms with van der Waals surface area (Å²) in [6.07, 6.45) is 2.80. The van der Waals surface area contributed by atoms with Crippen molar-refractivity contribution in [1.82, 2.24) is 0 Å². The number of methoxy groups -OCH3 is 5. The van der Waals surface area contributed by atoms with Gasteiger partial charge in [0.15, 0.2) is 11.5 Å². The largest absolute Gasteiger partial charge is 0.493 e. The molecular weight excluding hydrogens is 406 g/mol. The van der Waals surface area contributed by atoms with Gasteiger partial charge in [-0.3, -0.25) is 4.79 Å². The lowest BCUT2D eigenvalue weighted by Gasteiger charge is -2.14. The number of nitrogens with one attached hydrogen (secondary N) is 1. The monoisotopic (exact) mass is 429 g/mol. The molecule has 2 aromatic carbocycles. The van der Waals surface area contributed by atoms with Crippen LogP contribution in [0.4, 0.5) is 5.69 Å². The Labute approximate surface area is 179 Å². The van der Waals surface area contributed by atoms with Gasteiger partial charge >= 0.3 is 11.9 Å². The van der Waals surface area contributed by atoms with Crippen molar-refractivity contribution in [1.29, 1.82) is 0 Å². The number of amides is 1. The van der Waals surface area contributed by atoms with E-state index in [1.807, 2.05) is 0 Å². The first kappa shape index (κ1) is 23.3. The number of ether oxygens (including phenoxy) is 5. The molecule has 2 rings (SSSR count). The molecule has 0 saturated heterocycles. The van der Waals surface area contributed by atoms with E-state index in [1.165, 1.54) is 65.9 Å². The molecule has 0 spiro atoms. The van der Waals surface area contributed by atoms with E-state index >= 15 is 0 Å². The second kappa shape index (κ2) is 10.7. The highest BCUT2D eigenvalue weighted by molar-refractivity contribution is 6.04. The number of anilines is 1. The topological polar surface area (TPSA) is 109 Å². The summed E-state index contributed by atoms with van der Waals surface area (Å²) in [4.78, 5) is 36.2. The van der Waals surface area contributed by atoms with E-state index < -0.39 is 17.8 Å². The zero-order chi connectivity index (χ0) is 23.0. The van der Waals surface area contributed by atoms with Crippen molar-refractivity contribution in [2.75, 3.05) is 40.9 Å². The number of carbonyl (C=O) groups is 3. The Balaban J connectivity index is 2.31. The fourth-order valence-corrected chi connectivity index (χ4v) is 2.78. The molecule has 2 aromatic rings. The van der Waals surface area contributed by atoms with Crippen molar-refractivity contribution in [3.63, 3.8) is 0 Å². The van der Waals surface area contributed by atoms with Crippen molar-refractivity contribution < 1.29 is 38.1 Å². The van der Waals surface area contributed by atoms with Gasteiger partial charge < -0.3 is 29.0 Å². The van der Waals surface area contributed by atoms with Crippen molar-refractivity contribution >= 4 is 29.6 Å². The second-order valence-corrected chi connectivity index (χ2v) is 6.03. The Kier molecular flexibility index (Phi) is 8.01. The Morgan fingerprint density at radius 2 is 1.35 bits per heavy atom. The van der Waals surface area contributed by atoms with E-state index in [1.54, 1.807) is 12.1 Å². The zero-order valence-electron chi connectivity index (χ0n) is 17.8. The average molecular weight is 429 g/mol. The van der Waals surface area contributed by atoms with Crippen molar-refractivity contribution in [3.8, 4) is 17.2 Å². The van der Waals surface area contributed by atoms with Crippen LogP contribution in [0.2, 0.25) is 0 Å². The van der Waals surface area contributed by atoms with Crippen molar-refractivity contribution in [3.05, 3.63) is 53.1 Å². The lowest BCUT2D eigenvalue weighted by Crippen LogP contribution is -2.12. The highest BCUT2D eigenvalue weighted by Crippen LogP contribution is 2.40. The van der Waals surface area contributed by atoms with E-state index in [0.717, 1.165) is 0 Å². The van der Waals surface area contributed by atoms with Crippen molar-refractivity contribution in [2.45, 2.75) is 0 Å². The van der Waals surface area contributed by atoms with E-state index in [2.05, 4.69) is 14.8 Å². The van der Waals surface area contributed by atoms with Gasteiger partial charge in [-0.05, 0) is 36.4 Å². The van der Waals surface area contributed by atoms with Crippen LogP contribution >= 0.6 is 0 Å². The number of benzene rings is 2. The van der Waals surface area contributed by atoms with Crippen LogP contribution < -0.4 is 19.5 Å². The fourth-order valence-electron chi connectivity index (χ4n) is 2.78. The van der Waals surface area contributed by atoms with Gasteiger partial charge in [0.25, 0.3) is 0 Å². The minimum Gasteiger partial charge on any atom is -0.493 e. The summed E-state index contributed by atoms with van der Waals surface area (Å²) in [6.45, 7) is 0. The van der Waals surface area contributed by atoms with Crippen LogP contribution in [-0.2, 0) is 14.3 Å². The first-order chi connectivity index (χ1) is 14.9. The third-order valence-corrected chi connectivity index (χ3v) is 4.19. The molecule has 0 unspecified atom stereocenters. The first-order valence-electron chi connectivity index (χ1n) is 8.98. The molecule has 0 aliphatic rings. The molecule has 0 heterocycles. The quantitative estimate of drug-likeness (QED) is 0.504. The fraction of sp³-hybridized carbons (Fsp3) is 0.227. The molecule has 9 heteroatoms. The Morgan fingerprint density at radius 1 is 0.774 bits per heavy atom. The maximum Gasteiger partial charge on any atom is 0.337 e. The minimum absolute atomic E-state index is 0.0891. The molecule has 9 nitrogen and oxygen atoms in total. The highest BCUT2D eigenvalue weighted by Gasteiger charge is 2.16. The van der Waals surface area contributed by atoms with Crippen LogP contribution in [0.25, 0.3) is 6.08 Å². The summed E-state index contributed by atoms with van der Waals surface area (Å²) in [5.74, 6) is -0.558. The molecule has 0 aromatic heterocycles. The molecule has 0 atom stereocenters. The number of hydrogen-bond donors (Lipinski definition) is 1. The lowest BCUT2D eigenvalue weighted by atomic mass is 10.1. The van der Waals surface area contributed by atoms with Crippen LogP contribution in [0.3, 0.4) is 0 Å². The smallest absolute Gasteiger partial charge is 0.337 e. The standard InChI is InChI=1S/C22H23NO8/c1-27-17-8-6-13(19(28-2)20(17)29-3)7-9-18(24)23-16-11-14(21(25)30-4)10-15(12-16)22(26)31-5/h6-12H,1-5H3,(H,23,24)/b9-7+. The molecule has 0 radical (unpaired) electrons. The maximum absolute atomic E-state index is 12.4. The SMILES string of the molecule is COC(=O)c1cc(NC(=O)/C=C/c2ccc(OC)c(OC)c2OC)cc(C(=O)OC)c1. The summed E-state index contributed by atoms with van der Waals surface area (Å²) in [5, 5.41) is 2.60. The van der Waals surface area contributed by atoms with E-state index in [-0.39, 0.29) is 16.8 Å². The molecule has 0 saturated carbocycles. The molecule has 0 fully saturated rings. The van der Waals surface area contributed by atoms with Gasteiger partial charge in [0.05, 0.1) is 46.7 Å². The van der Waals surface area contributed by atoms with Crippen LogP contribution in [0, 0.1) is 0 Å². The Hall–Kier alpha value is -4.01. The number of rotatable bonds is 8. The van der Waals surface area contributed by atoms with Crippen LogP contribution in [0.15, 0.2) is 36.4 Å². The molecular formula is C22H23NO8. The summed E-state index contributed by atoms with van der Waals surface area (Å²) in [6, 6.07) is 7.48. The molecule has 0 bridgehead atoms. The third kappa shape index (κ3) is 5.53. The first-order valence-corrected chi connectivity index (χ1v) is 8.98. The predicted octanol–water partition coefficient (Wildman–Crippen LogP) is 2.94. The van der Waals surface area contributed by atoms with E-state index in [4.69, 9.17) is 14.2 Å². The van der Waals surface area contributed by atoms with Gasteiger partial charge in [-0.15, -0.1) is 0 Å². The van der Waals surface area contributed by atoms with Crippen LogP contribution in [-0.4, -0.2) is 53.4 Å². The van der Waals surface area contributed by atoms with Gasteiger partial charge in [-0.25, -0.2) is 9.59 Å².